The van der Waals surface area contributed by atoms with Gasteiger partial charge in [0.1, 0.15) is 17.4 Å². The van der Waals surface area contributed by atoms with Crippen molar-refractivity contribution in [3.63, 3.8) is 0 Å². The normalized spacial score (nSPS) is 29.6. The van der Waals surface area contributed by atoms with Gasteiger partial charge < -0.3 is 29.1 Å². The minimum absolute atomic E-state index is 0.0554. The lowest BCUT2D eigenvalue weighted by molar-refractivity contribution is -0.155. The van der Waals surface area contributed by atoms with E-state index in [1.54, 1.807) is 43.5 Å². The Balaban J connectivity index is 1.69. The maximum absolute atomic E-state index is 14.2. The number of nitrogens with zero attached hydrogens (tertiary/aromatic N) is 2. The maximum Gasteiger partial charge on any atom is 0.312 e. The summed E-state index contributed by atoms with van der Waals surface area (Å²) in [4.78, 5) is 43.9. The lowest BCUT2D eigenvalue weighted by Gasteiger charge is -2.37. The number of hydrogen-bond donors (Lipinski definition) is 1. The quantitative estimate of drug-likeness (QED) is 0.176. The van der Waals surface area contributed by atoms with Gasteiger partial charge in [0.2, 0.25) is 5.91 Å². The number of aliphatic hydroxyl groups excluding tert-OH is 1. The first-order chi connectivity index (χ1) is 17.8. The molecule has 0 radical (unpaired) electrons. The molecule has 0 saturated carbocycles. The number of amides is 2. The lowest BCUT2D eigenvalue weighted by Crippen LogP contribution is -2.57. The largest absolute Gasteiger partial charge is 0.497 e. The van der Waals surface area contributed by atoms with Gasteiger partial charge in [-0.05, 0) is 43.5 Å². The van der Waals surface area contributed by atoms with E-state index in [0.29, 0.717) is 30.7 Å². The van der Waals surface area contributed by atoms with Crippen LogP contribution in [-0.4, -0.2) is 83.8 Å². The third-order valence-corrected chi connectivity index (χ3v) is 8.24. The molecular weight excluding hydrogens is 544 g/mol. The summed E-state index contributed by atoms with van der Waals surface area (Å²) < 4.78 is 17.2. The number of allylic oxidation sites excluding steroid dienone is 1. The van der Waals surface area contributed by atoms with Crippen LogP contribution < -0.4 is 9.64 Å². The maximum atomic E-state index is 14.2. The van der Waals surface area contributed by atoms with Crippen molar-refractivity contribution in [3.8, 4) is 5.75 Å². The number of likely N-dealkylation sites (tertiary alicyclic amines) is 1. The summed E-state index contributed by atoms with van der Waals surface area (Å²) in [6.07, 6.45) is 4.47. The van der Waals surface area contributed by atoms with Crippen LogP contribution in [0.4, 0.5) is 5.69 Å². The van der Waals surface area contributed by atoms with Crippen LogP contribution in [0.15, 0.2) is 49.6 Å². The standard InChI is InChI=1S/C27H33BrN2O7/c1-4-6-7-15-36-26(34)20-21-24(32)30(13-14-31)23(27(21)16-19(28)22(20)37-27)25(33)29(12-5-2)17-8-10-18(35-3)11-9-17/h4-5,8-11,19-23,31H,1-2,6-7,12-16H2,3H3/t19?,20-,21+,22-,23?,27?/m1/s1. The second-order valence-electron chi connectivity index (χ2n) is 9.45. The fourth-order valence-corrected chi connectivity index (χ4v) is 6.83. The molecule has 3 saturated heterocycles. The van der Waals surface area contributed by atoms with Crippen LogP contribution in [0.5, 0.6) is 5.75 Å². The zero-order valence-electron chi connectivity index (χ0n) is 20.9. The van der Waals surface area contributed by atoms with Gasteiger partial charge in [0, 0.05) is 23.6 Å². The fraction of sp³-hybridized carbons (Fsp3) is 0.519. The minimum Gasteiger partial charge on any atom is -0.497 e. The van der Waals surface area contributed by atoms with Crippen molar-refractivity contribution >= 4 is 39.4 Å². The molecule has 3 aliphatic heterocycles. The van der Waals surface area contributed by atoms with E-state index in [2.05, 4.69) is 29.1 Å². The van der Waals surface area contributed by atoms with Gasteiger partial charge in [0.15, 0.2) is 0 Å². The summed E-state index contributed by atoms with van der Waals surface area (Å²) in [5.41, 5.74) is -0.623. The molecule has 0 aliphatic carbocycles. The summed E-state index contributed by atoms with van der Waals surface area (Å²) in [6.45, 7) is 7.48. The van der Waals surface area contributed by atoms with Gasteiger partial charge in [0.25, 0.3) is 5.91 Å². The molecule has 3 aliphatic rings. The molecule has 200 valence electrons. The number of benzene rings is 1. The topological polar surface area (TPSA) is 106 Å². The number of β-amino-alcohol motifs (C(OH)–C–C–N with tert-alkyl or cyclic N) is 1. The molecule has 2 bridgehead atoms. The molecule has 10 heteroatoms. The summed E-state index contributed by atoms with van der Waals surface area (Å²) in [7, 11) is 1.56. The van der Waals surface area contributed by atoms with E-state index in [-0.39, 0.29) is 42.9 Å². The van der Waals surface area contributed by atoms with Crippen LogP contribution in [0.3, 0.4) is 0 Å². The summed E-state index contributed by atoms with van der Waals surface area (Å²) in [5.74, 6) is -2.33. The van der Waals surface area contributed by atoms with Crippen LogP contribution in [0, 0.1) is 11.8 Å². The number of ether oxygens (including phenoxy) is 3. The van der Waals surface area contributed by atoms with Crippen molar-refractivity contribution in [1.29, 1.82) is 0 Å². The smallest absolute Gasteiger partial charge is 0.312 e. The van der Waals surface area contributed by atoms with Crippen LogP contribution in [0.25, 0.3) is 0 Å². The Labute approximate surface area is 225 Å². The molecule has 3 heterocycles. The summed E-state index contributed by atoms with van der Waals surface area (Å²) >= 11 is 3.63. The number of rotatable bonds is 12. The van der Waals surface area contributed by atoms with E-state index >= 15 is 0 Å². The van der Waals surface area contributed by atoms with E-state index < -0.39 is 35.6 Å². The van der Waals surface area contributed by atoms with Crippen molar-refractivity contribution in [3.05, 3.63) is 49.6 Å². The predicted molar refractivity (Wildman–Crippen MR) is 140 cm³/mol. The molecule has 9 nitrogen and oxygen atoms in total. The van der Waals surface area contributed by atoms with E-state index in [1.807, 2.05) is 0 Å². The number of methoxy groups -OCH3 is 1. The molecule has 3 fully saturated rings. The van der Waals surface area contributed by atoms with Crippen molar-refractivity contribution in [2.75, 3.05) is 38.3 Å². The molecule has 3 unspecified atom stereocenters. The molecule has 6 atom stereocenters. The predicted octanol–water partition coefficient (Wildman–Crippen LogP) is 2.46. The fourth-order valence-electron chi connectivity index (χ4n) is 5.88. The number of alkyl halides is 1. The Morgan fingerprint density at radius 2 is 2.03 bits per heavy atom. The van der Waals surface area contributed by atoms with Gasteiger partial charge in [-0.25, -0.2) is 0 Å². The van der Waals surface area contributed by atoms with Crippen molar-refractivity contribution in [2.24, 2.45) is 11.8 Å². The third kappa shape index (κ3) is 4.70. The lowest BCUT2D eigenvalue weighted by atomic mass is 9.70. The highest BCUT2D eigenvalue weighted by atomic mass is 79.9. The molecule has 2 amide bonds. The third-order valence-electron chi connectivity index (χ3n) is 7.39. The van der Waals surface area contributed by atoms with E-state index in [1.165, 1.54) is 9.80 Å². The number of carbonyl (C=O) groups is 3. The van der Waals surface area contributed by atoms with Crippen molar-refractivity contribution < 1.29 is 33.7 Å². The number of esters is 1. The average Bonchev–Trinajstić information content (AvgIpc) is 3.48. The first-order valence-corrected chi connectivity index (χ1v) is 13.3. The molecule has 4 rings (SSSR count). The highest BCUT2D eigenvalue weighted by molar-refractivity contribution is 9.09. The average molecular weight is 577 g/mol. The second kappa shape index (κ2) is 11.4. The highest BCUT2D eigenvalue weighted by Crippen LogP contribution is 2.60. The Morgan fingerprint density at radius 3 is 2.65 bits per heavy atom. The van der Waals surface area contributed by atoms with E-state index in [9.17, 15) is 19.5 Å². The van der Waals surface area contributed by atoms with Crippen LogP contribution in [0.2, 0.25) is 0 Å². The van der Waals surface area contributed by atoms with Crippen LogP contribution in [-0.2, 0) is 23.9 Å². The van der Waals surface area contributed by atoms with Crippen LogP contribution in [0.1, 0.15) is 19.3 Å². The Bertz CT molecular complexity index is 1050. The molecule has 1 aromatic rings. The minimum atomic E-state index is -1.22. The zero-order chi connectivity index (χ0) is 26.7. The van der Waals surface area contributed by atoms with Gasteiger partial charge in [-0.1, -0.05) is 28.1 Å². The van der Waals surface area contributed by atoms with Crippen molar-refractivity contribution in [1.82, 2.24) is 4.90 Å². The number of aliphatic hydroxyl groups is 1. The molecular formula is C27H33BrN2O7. The van der Waals surface area contributed by atoms with Gasteiger partial charge in [0.05, 0.1) is 38.3 Å². The molecule has 1 spiro atoms. The van der Waals surface area contributed by atoms with Gasteiger partial charge >= 0.3 is 5.97 Å². The number of halogens is 1. The number of unbranched alkanes of at least 4 members (excludes halogenated alkanes) is 1. The molecule has 0 aromatic heterocycles. The molecule has 1 aromatic carbocycles. The number of anilines is 1. The zero-order valence-corrected chi connectivity index (χ0v) is 22.5. The number of carbonyl (C=O) groups excluding carboxylic acids is 3. The second-order valence-corrected chi connectivity index (χ2v) is 10.6. The highest BCUT2D eigenvalue weighted by Gasteiger charge is 2.77. The van der Waals surface area contributed by atoms with E-state index in [4.69, 9.17) is 14.2 Å². The molecule has 37 heavy (non-hydrogen) atoms. The first kappa shape index (κ1) is 27.3. The van der Waals surface area contributed by atoms with Gasteiger partial charge in [-0.15, -0.1) is 13.2 Å². The van der Waals surface area contributed by atoms with Crippen molar-refractivity contribution in [2.45, 2.75) is 41.8 Å². The summed E-state index contributed by atoms with van der Waals surface area (Å²) in [5, 5.41) is 9.79. The number of hydrogen-bond acceptors (Lipinski definition) is 7. The van der Waals surface area contributed by atoms with Crippen LogP contribution >= 0.6 is 15.9 Å². The monoisotopic (exact) mass is 576 g/mol. The molecule has 1 N–H and O–H groups in total. The Kier molecular flexibility index (Phi) is 8.40. The Morgan fingerprint density at radius 1 is 1.30 bits per heavy atom. The SMILES string of the molecule is C=CCCCOC(=O)[C@H]1[C@@H]2OC3(CC2Br)C(C(=O)N(CC=C)c2ccc(OC)cc2)N(CCO)C(=O)[C@H]13. The van der Waals surface area contributed by atoms with Gasteiger partial charge in [-0.2, -0.15) is 0 Å². The van der Waals surface area contributed by atoms with E-state index in [0.717, 1.165) is 0 Å². The Hall–Kier alpha value is -2.69. The van der Waals surface area contributed by atoms with Gasteiger partial charge in [-0.3, -0.25) is 14.4 Å². The summed E-state index contributed by atoms with van der Waals surface area (Å²) in [6, 6.07) is 5.98. The number of fused-ring (bicyclic) bond motifs is 1. The first-order valence-electron chi connectivity index (χ1n) is 12.4.